The third-order valence-corrected chi connectivity index (χ3v) is 2.07. The minimum absolute atomic E-state index is 0. The van der Waals surface area contributed by atoms with E-state index in [9.17, 15) is 9.59 Å². The minimum atomic E-state index is -1.43. The van der Waals surface area contributed by atoms with Gasteiger partial charge in [0.1, 0.15) is 0 Å². The molecule has 0 saturated carbocycles. The molecule has 1 aromatic heterocycles. The predicted molar refractivity (Wildman–Crippen MR) is 43.4 cm³/mol. The molecule has 0 bridgehead atoms. The second-order valence-corrected chi connectivity index (χ2v) is 2.95. The SMILES string of the molecule is O=C(O)C(C(=O)O)c1ccsc1.[H-].[Na+]. The molecule has 13 heavy (non-hydrogen) atoms. The maximum Gasteiger partial charge on any atom is 1.00 e. The zero-order valence-corrected chi connectivity index (χ0v) is 9.75. The van der Waals surface area contributed by atoms with E-state index in [0.717, 1.165) is 0 Å². The number of carbonyl (C=O) groups is 2. The maximum atomic E-state index is 10.5. The molecule has 0 aliphatic carbocycles. The van der Waals surface area contributed by atoms with Crippen LogP contribution >= 0.6 is 11.3 Å². The fourth-order valence-corrected chi connectivity index (χ4v) is 1.52. The first kappa shape index (κ1) is 12.6. The Morgan fingerprint density at radius 2 is 1.92 bits per heavy atom. The Balaban J connectivity index is 0. The normalized spacial score (nSPS) is 9.31. The van der Waals surface area contributed by atoms with E-state index in [4.69, 9.17) is 10.2 Å². The van der Waals surface area contributed by atoms with E-state index in [2.05, 4.69) is 0 Å². The molecule has 1 rings (SSSR count). The molecule has 0 aliphatic heterocycles. The topological polar surface area (TPSA) is 74.6 Å². The van der Waals surface area contributed by atoms with Crippen molar-refractivity contribution in [3.8, 4) is 0 Å². The van der Waals surface area contributed by atoms with Gasteiger partial charge in [0.15, 0.2) is 5.92 Å². The number of thiophene rings is 1. The summed E-state index contributed by atoms with van der Waals surface area (Å²) >= 11 is 1.28. The Labute approximate surface area is 102 Å². The molecule has 0 saturated heterocycles. The van der Waals surface area contributed by atoms with Gasteiger partial charge < -0.3 is 11.6 Å². The fourth-order valence-electron chi connectivity index (χ4n) is 0.830. The first-order valence-corrected chi connectivity index (χ1v) is 4.05. The Hall–Kier alpha value is -0.360. The number of rotatable bonds is 3. The first-order chi connectivity index (χ1) is 5.63. The fraction of sp³-hybridized carbons (Fsp3) is 0.143. The van der Waals surface area contributed by atoms with Gasteiger partial charge in [0.2, 0.25) is 0 Å². The summed E-state index contributed by atoms with van der Waals surface area (Å²) in [5.41, 5.74) is 0.319. The molecule has 1 heterocycles. The third kappa shape index (κ3) is 3.11. The van der Waals surface area contributed by atoms with Gasteiger partial charge in [0, 0.05) is 0 Å². The smallest absolute Gasteiger partial charge is 1.00 e. The van der Waals surface area contributed by atoms with E-state index in [1.54, 1.807) is 5.38 Å². The Kier molecular flexibility index (Phi) is 5.24. The molecule has 0 atom stereocenters. The molecule has 0 aliphatic rings. The minimum Gasteiger partial charge on any atom is -1.00 e. The zero-order valence-electron chi connectivity index (χ0n) is 7.93. The number of hydrogen-bond donors (Lipinski definition) is 2. The number of aliphatic carboxylic acids is 2. The van der Waals surface area contributed by atoms with E-state index in [1.807, 2.05) is 0 Å². The molecular formula is C7H7NaO4S. The van der Waals surface area contributed by atoms with E-state index in [0.29, 0.717) is 5.56 Å². The summed E-state index contributed by atoms with van der Waals surface area (Å²) < 4.78 is 0. The second-order valence-electron chi connectivity index (χ2n) is 2.17. The van der Waals surface area contributed by atoms with Crippen LogP contribution in [0.5, 0.6) is 0 Å². The van der Waals surface area contributed by atoms with E-state index < -0.39 is 17.9 Å². The van der Waals surface area contributed by atoms with Gasteiger partial charge in [-0.15, -0.1) is 0 Å². The number of carboxylic acid groups (broad SMARTS) is 2. The van der Waals surface area contributed by atoms with Crippen molar-refractivity contribution in [1.29, 1.82) is 0 Å². The van der Waals surface area contributed by atoms with Gasteiger partial charge in [-0.25, -0.2) is 0 Å². The molecule has 0 radical (unpaired) electrons. The Morgan fingerprint density at radius 3 is 2.23 bits per heavy atom. The summed E-state index contributed by atoms with van der Waals surface area (Å²) in [6.45, 7) is 0. The van der Waals surface area contributed by atoms with Crippen molar-refractivity contribution >= 4 is 23.3 Å². The summed E-state index contributed by atoms with van der Waals surface area (Å²) in [4.78, 5) is 20.9. The van der Waals surface area contributed by atoms with Crippen molar-refractivity contribution in [2.24, 2.45) is 0 Å². The van der Waals surface area contributed by atoms with Gasteiger partial charge >= 0.3 is 41.5 Å². The average molecular weight is 210 g/mol. The average Bonchev–Trinajstić information content (AvgIpc) is 2.37. The van der Waals surface area contributed by atoms with Crippen molar-refractivity contribution in [2.45, 2.75) is 5.92 Å². The van der Waals surface area contributed by atoms with E-state index >= 15 is 0 Å². The van der Waals surface area contributed by atoms with Crippen LogP contribution in [-0.2, 0) is 9.59 Å². The number of hydrogen-bond acceptors (Lipinski definition) is 3. The van der Waals surface area contributed by atoms with Crippen LogP contribution in [0.3, 0.4) is 0 Å². The van der Waals surface area contributed by atoms with Crippen LogP contribution in [-0.4, -0.2) is 22.2 Å². The van der Waals surface area contributed by atoms with Crippen molar-refractivity contribution < 1.29 is 50.8 Å². The summed E-state index contributed by atoms with van der Waals surface area (Å²) in [5.74, 6) is -4.10. The van der Waals surface area contributed by atoms with Gasteiger partial charge in [-0.3, -0.25) is 9.59 Å². The van der Waals surface area contributed by atoms with Crippen LogP contribution < -0.4 is 29.6 Å². The van der Waals surface area contributed by atoms with Gasteiger partial charge in [-0.1, -0.05) is 0 Å². The molecule has 0 fully saturated rings. The first-order valence-electron chi connectivity index (χ1n) is 3.10. The molecule has 1 aromatic rings. The Morgan fingerprint density at radius 1 is 1.38 bits per heavy atom. The summed E-state index contributed by atoms with van der Waals surface area (Å²) in [7, 11) is 0. The van der Waals surface area contributed by atoms with E-state index in [-0.39, 0.29) is 31.0 Å². The molecule has 6 heteroatoms. The second kappa shape index (κ2) is 5.39. The Bertz CT molecular complexity index is 287. The van der Waals surface area contributed by atoms with Crippen molar-refractivity contribution in [3.63, 3.8) is 0 Å². The zero-order chi connectivity index (χ0) is 9.14. The molecule has 4 nitrogen and oxygen atoms in total. The van der Waals surface area contributed by atoms with Crippen LogP contribution in [0.1, 0.15) is 12.9 Å². The van der Waals surface area contributed by atoms with E-state index in [1.165, 1.54) is 22.8 Å². The van der Waals surface area contributed by atoms with Crippen LogP contribution in [0.15, 0.2) is 16.8 Å². The monoisotopic (exact) mass is 210 g/mol. The number of carboxylic acids is 2. The molecule has 2 N–H and O–H groups in total. The van der Waals surface area contributed by atoms with Gasteiger partial charge in [0.25, 0.3) is 0 Å². The van der Waals surface area contributed by atoms with Crippen molar-refractivity contribution in [1.82, 2.24) is 0 Å². The summed E-state index contributed by atoms with van der Waals surface area (Å²) in [6, 6.07) is 1.50. The van der Waals surface area contributed by atoms with Crippen LogP contribution in [0.2, 0.25) is 0 Å². The predicted octanol–water partition coefficient (Wildman–Crippen LogP) is -1.88. The van der Waals surface area contributed by atoms with Crippen molar-refractivity contribution in [2.75, 3.05) is 0 Å². The quantitative estimate of drug-likeness (QED) is 0.452. The van der Waals surface area contributed by atoms with Crippen LogP contribution in [0, 0.1) is 0 Å². The van der Waals surface area contributed by atoms with Gasteiger partial charge in [0.05, 0.1) is 0 Å². The molecular weight excluding hydrogens is 203 g/mol. The standard InChI is InChI=1S/C7H6O4S.Na.H/c8-6(9)5(7(10)11)4-1-2-12-3-4;;/h1-3,5H,(H,8,9)(H,10,11);;/q;+1;-1. The molecule has 0 spiro atoms. The van der Waals surface area contributed by atoms with Crippen molar-refractivity contribution in [3.05, 3.63) is 22.4 Å². The van der Waals surface area contributed by atoms with Crippen LogP contribution in [0.25, 0.3) is 0 Å². The molecule has 66 valence electrons. The molecule has 0 aromatic carbocycles. The van der Waals surface area contributed by atoms with Gasteiger partial charge in [-0.05, 0) is 22.4 Å². The maximum absolute atomic E-state index is 10.5. The summed E-state index contributed by atoms with van der Waals surface area (Å²) in [6.07, 6.45) is 0. The largest absolute Gasteiger partial charge is 1.00 e. The molecule has 0 unspecified atom stereocenters. The summed E-state index contributed by atoms with van der Waals surface area (Å²) in [5, 5.41) is 20.2. The van der Waals surface area contributed by atoms with Crippen LogP contribution in [0.4, 0.5) is 0 Å². The van der Waals surface area contributed by atoms with Gasteiger partial charge in [-0.2, -0.15) is 11.3 Å². The molecule has 0 amide bonds. The third-order valence-electron chi connectivity index (χ3n) is 1.37.